The van der Waals surface area contributed by atoms with Crippen LogP contribution in [0.4, 0.5) is 7.77 Å². The molecule has 0 aromatic heterocycles. The Balaban J connectivity index is -0.000000107. The van der Waals surface area contributed by atoms with Gasteiger partial charge in [-0.05, 0) is 0 Å². The van der Waals surface area contributed by atoms with Crippen LogP contribution in [0.5, 0.6) is 0 Å². The Bertz CT molecular complexity index is 215. The zero-order chi connectivity index (χ0) is 9.00. The third kappa shape index (κ3) is 695. The Morgan fingerprint density at radius 1 is 0.818 bits per heavy atom. The van der Waals surface area contributed by atoms with Gasteiger partial charge in [-0.25, -0.2) is 16.8 Å². The molecule has 0 aliphatic heterocycles. The normalized spacial score (nSPS) is 10.5. The molecule has 0 bridgehead atoms. The number of hydrogen-bond donors (Lipinski definition) is 0. The summed E-state index contributed by atoms with van der Waals surface area (Å²) in [5.74, 6) is 0. The van der Waals surface area contributed by atoms with Crippen LogP contribution in [0.3, 0.4) is 0 Å². The van der Waals surface area contributed by atoms with Gasteiger partial charge in [-0.2, -0.15) is 0 Å². The van der Waals surface area contributed by atoms with E-state index in [9.17, 15) is 7.77 Å². The first-order chi connectivity index (χ1) is 4.00. The fourth-order valence-electron chi connectivity index (χ4n) is 0. The van der Waals surface area contributed by atoms with E-state index in [4.69, 9.17) is 25.9 Å². The van der Waals surface area contributed by atoms with Gasteiger partial charge in [0.05, 0.1) is 0 Å². The van der Waals surface area contributed by atoms with Crippen molar-refractivity contribution >= 4 is 66.5 Å². The van der Waals surface area contributed by atoms with Gasteiger partial charge < -0.3 is 9.11 Å². The number of hydrogen-bond acceptors (Lipinski definition) is 6. The van der Waals surface area contributed by atoms with Crippen LogP contribution < -0.4 is 0 Å². The average Bonchev–Trinajstić information content (AvgIpc) is 1.12. The van der Waals surface area contributed by atoms with E-state index in [0.717, 1.165) is 0 Å². The molecule has 0 fully saturated rings. The Hall–Kier alpha value is 1.16. The SMILES string of the molecule is O=S(=O)([O-])F.O=S(=O)([O-])F.[Sr+2]. The molecule has 0 unspecified atom stereocenters. The van der Waals surface area contributed by atoms with Crippen molar-refractivity contribution in [2.24, 2.45) is 0 Å². The zero-order valence-corrected chi connectivity index (χ0v) is 9.84. The predicted octanol–water partition coefficient (Wildman–Crippen LogP) is -1.55. The molecule has 64 valence electrons. The summed E-state index contributed by atoms with van der Waals surface area (Å²) in [6, 6.07) is 0. The quantitative estimate of drug-likeness (QED) is 0.302. The Morgan fingerprint density at radius 3 is 0.818 bits per heavy atom. The van der Waals surface area contributed by atoms with Gasteiger partial charge in [-0.1, -0.05) is 0 Å². The van der Waals surface area contributed by atoms with E-state index >= 15 is 0 Å². The molecule has 6 nitrogen and oxygen atoms in total. The van der Waals surface area contributed by atoms with Gasteiger partial charge in [-0.3, -0.25) is 0 Å². The fourth-order valence-corrected chi connectivity index (χ4v) is 0. The van der Waals surface area contributed by atoms with Crippen molar-refractivity contribution in [2.75, 3.05) is 0 Å². The molecule has 0 spiro atoms. The average molecular weight is 286 g/mol. The third-order valence-electron chi connectivity index (χ3n) is 0. The summed E-state index contributed by atoms with van der Waals surface area (Å²) in [4.78, 5) is 0. The van der Waals surface area contributed by atoms with Crippen LogP contribution >= 0.6 is 0 Å². The minimum atomic E-state index is -5.42. The first-order valence-electron chi connectivity index (χ1n) is 1.31. The van der Waals surface area contributed by atoms with Crippen LogP contribution in [-0.4, -0.2) is 71.4 Å². The zero-order valence-electron chi connectivity index (χ0n) is 4.73. The van der Waals surface area contributed by atoms with Crippen molar-refractivity contribution < 1.29 is 33.7 Å². The summed E-state index contributed by atoms with van der Waals surface area (Å²) in [7, 11) is -10.8. The summed E-state index contributed by atoms with van der Waals surface area (Å²) in [5, 5.41) is 0. The predicted molar refractivity (Wildman–Crippen MR) is 27.4 cm³/mol. The van der Waals surface area contributed by atoms with Crippen molar-refractivity contribution in [3.8, 4) is 0 Å². The maximum absolute atomic E-state index is 10.1. The van der Waals surface area contributed by atoms with Gasteiger partial charge in [0.2, 0.25) is 0 Å². The van der Waals surface area contributed by atoms with E-state index in [1.807, 2.05) is 0 Å². The second-order valence-corrected chi connectivity index (χ2v) is 2.36. The molecule has 0 atom stereocenters. The molecule has 0 saturated carbocycles. The van der Waals surface area contributed by atoms with Crippen LogP contribution in [0.2, 0.25) is 0 Å². The Morgan fingerprint density at radius 2 is 0.818 bits per heavy atom. The van der Waals surface area contributed by atoms with E-state index in [2.05, 4.69) is 0 Å². The van der Waals surface area contributed by atoms with E-state index in [1.165, 1.54) is 0 Å². The smallest absolute Gasteiger partial charge is 0.722 e. The first kappa shape index (κ1) is 18.1. The molecule has 0 aliphatic carbocycles. The summed E-state index contributed by atoms with van der Waals surface area (Å²) < 4.78 is 70.7. The van der Waals surface area contributed by atoms with Gasteiger partial charge in [0.15, 0.2) is 0 Å². The van der Waals surface area contributed by atoms with Crippen molar-refractivity contribution in [1.82, 2.24) is 0 Å². The second kappa shape index (κ2) is 6.65. The van der Waals surface area contributed by atoms with Gasteiger partial charge in [0.1, 0.15) is 0 Å². The number of halogens is 2. The molecular weight excluding hydrogens is 286 g/mol. The van der Waals surface area contributed by atoms with E-state index < -0.39 is 21.0 Å². The van der Waals surface area contributed by atoms with E-state index in [1.54, 1.807) is 0 Å². The molecule has 0 radical (unpaired) electrons. The molecule has 0 N–H and O–H groups in total. The van der Waals surface area contributed by atoms with Crippen LogP contribution in [0.15, 0.2) is 0 Å². The van der Waals surface area contributed by atoms with Crippen molar-refractivity contribution in [3.05, 3.63) is 0 Å². The van der Waals surface area contributed by atoms with Gasteiger partial charge in [0, 0.05) is 0 Å². The molecule has 0 rings (SSSR count). The molecular formula is F2O6S2Sr. The van der Waals surface area contributed by atoms with Crippen LogP contribution in [0.25, 0.3) is 0 Å². The van der Waals surface area contributed by atoms with Gasteiger partial charge in [0.25, 0.3) is 21.0 Å². The topological polar surface area (TPSA) is 114 Å². The van der Waals surface area contributed by atoms with Crippen molar-refractivity contribution in [3.63, 3.8) is 0 Å². The minimum absolute atomic E-state index is 0. The molecule has 11 heteroatoms. The monoisotopic (exact) mass is 286 g/mol. The molecule has 0 saturated heterocycles. The summed E-state index contributed by atoms with van der Waals surface area (Å²) in [6.07, 6.45) is 0. The van der Waals surface area contributed by atoms with Crippen molar-refractivity contribution in [1.29, 1.82) is 0 Å². The Labute approximate surface area is 98.9 Å². The van der Waals surface area contributed by atoms with Crippen LogP contribution in [-0.2, 0) is 21.0 Å². The maximum atomic E-state index is 10.1. The van der Waals surface area contributed by atoms with Gasteiger partial charge >= 0.3 is 45.5 Å². The third-order valence-corrected chi connectivity index (χ3v) is 0. The molecule has 11 heavy (non-hydrogen) atoms. The van der Waals surface area contributed by atoms with Gasteiger partial charge in [-0.15, -0.1) is 7.77 Å². The summed E-state index contributed by atoms with van der Waals surface area (Å²) in [5.41, 5.74) is 0. The van der Waals surface area contributed by atoms with Crippen molar-refractivity contribution in [2.45, 2.75) is 0 Å². The molecule has 0 heterocycles. The van der Waals surface area contributed by atoms with E-state index in [-0.39, 0.29) is 45.5 Å². The standard InChI is InChI=1S/2FHO3S.Sr/c2*1-5(2,3)4;/h2*(H,2,3,4);/q;;+2/p-2. The first-order valence-corrected chi connectivity index (χ1v) is 3.93. The summed E-state index contributed by atoms with van der Waals surface area (Å²) >= 11 is 0. The fraction of sp³-hybridized carbons (Fsp3) is 0. The number of rotatable bonds is 0. The summed E-state index contributed by atoms with van der Waals surface area (Å²) in [6.45, 7) is 0. The molecule has 0 aromatic rings. The minimum Gasteiger partial charge on any atom is -0.722 e. The largest absolute Gasteiger partial charge is 2.00 e. The van der Waals surface area contributed by atoms with E-state index in [0.29, 0.717) is 0 Å². The van der Waals surface area contributed by atoms with Crippen LogP contribution in [0.1, 0.15) is 0 Å². The maximum Gasteiger partial charge on any atom is 2.00 e. The Kier molecular flexibility index (Phi) is 10.9. The second-order valence-electron chi connectivity index (χ2n) is 0.786. The molecule has 0 amide bonds. The van der Waals surface area contributed by atoms with Crippen LogP contribution in [0, 0.1) is 0 Å². The molecule has 0 aromatic carbocycles. The molecule has 0 aliphatic rings.